The first kappa shape index (κ1) is 23.1. The summed E-state index contributed by atoms with van der Waals surface area (Å²) >= 11 is 0. The number of methoxy groups -OCH3 is 1. The van der Waals surface area contributed by atoms with Crippen molar-refractivity contribution < 1.29 is 4.74 Å². The molecule has 3 rings (SSSR count). The summed E-state index contributed by atoms with van der Waals surface area (Å²) in [5, 5.41) is 0. The van der Waals surface area contributed by atoms with Gasteiger partial charge in [-0.15, -0.1) is 0 Å². The van der Waals surface area contributed by atoms with E-state index in [0.717, 1.165) is 12.8 Å². The van der Waals surface area contributed by atoms with Crippen LogP contribution in [0.4, 0.5) is 0 Å². The predicted octanol–water partition coefficient (Wildman–Crippen LogP) is 8.98. The number of aryl methyl sites for hydroxylation is 1. The van der Waals surface area contributed by atoms with E-state index in [-0.39, 0.29) is 5.60 Å². The fourth-order valence-corrected chi connectivity index (χ4v) is 5.29. The fourth-order valence-electron chi connectivity index (χ4n) is 5.29. The Morgan fingerprint density at radius 1 is 0.567 bits per heavy atom. The van der Waals surface area contributed by atoms with E-state index < -0.39 is 0 Å². The molecule has 164 valence electrons. The van der Waals surface area contributed by atoms with E-state index in [1.165, 1.54) is 99.3 Å². The topological polar surface area (TPSA) is 9.23 Å². The molecule has 2 aromatic carbocycles. The van der Waals surface area contributed by atoms with Gasteiger partial charge in [-0.1, -0.05) is 126 Å². The minimum atomic E-state index is -0.168. The highest BCUT2D eigenvalue weighted by atomic mass is 16.5. The Labute approximate surface area is 185 Å². The molecule has 0 N–H and O–H groups in total. The Bertz CT molecular complexity index is 732. The van der Waals surface area contributed by atoms with Gasteiger partial charge in [-0.3, -0.25) is 0 Å². The quantitative estimate of drug-likeness (QED) is 0.494. The van der Waals surface area contributed by atoms with Gasteiger partial charge in [-0.2, -0.15) is 0 Å². The van der Waals surface area contributed by atoms with Gasteiger partial charge < -0.3 is 4.74 Å². The van der Waals surface area contributed by atoms with Crippen LogP contribution in [0.5, 0.6) is 0 Å². The lowest BCUT2D eigenvalue weighted by Gasteiger charge is -2.35. The Balaban J connectivity index is 1.89. The highest BCUT2D eigenvalue weighted by Gasteiger charge is 2.33. The second-order valence-electron chi connectivity index (χ2n) is 9.30. The molecule has 2 aromatic rings. The average Bonchev–Trinajstić information content (AvgIpc) is 2.79. The van der Waals surface area contributed by atoms with Gasteiger partial charge in [0.05, 0.1) is 5.60 Å². The molecule has 0 aliphatic heterocycles. The van der Waals surface area contributed by atoms with E-state index in [4.69, 9.17) is 4.74 Å². The summed E-state index contributed by atoms with van der Waals surface area (Å²) in [4.78, 5) is 0. The van der Waals surface area contributed by atoms with Gasteiger partial charge in [0.25, 0.3) is 0 Å². The van der Waals surface area contributed by atoms with Gasteiger partial charge in [0.1, 0.15) is 0 Å². The SMILES string of the molecule is COC1(c2ccccc2-c2ccccc2C)CCCCCCCCCCCCCC1. The summed E-state index contributed by atoms with van der Waals surface area (Å²) < 4.78 is 6.45. The number of rotatable bonds is 3. The molecule has 1 aliphatic carbocycles. The highest BCUT2D eigenvalue weighted by molar-refractivity contribution is 5.71. The Kier molecular flexibility index (Phi) is 9.46. The van der Waals surface area contributed by atoms with Crippen molar-refractivity contribution in [2.45, 2.75) is 102 Å². The first-order chi connectivity index (χ1) is 14.8. The molecule has 0 bridgehead atoms. The summed E-state index contributed by atoms with van der Waals surface area (Å²) in [5.74, 6) is 0. The van der Waals surface area contributed by atoms with E-state index in [0.29, 0.717) is 0 Å². The average molecular weight is 407 g/mol. The van der Waals surface area contributed by atoms with E-state index >= 15 is 0 Å². The van der Waals surface area contributed by atoms with Crippen LogP contribution in [0.25, 0.3) is 11.1 Å². The van der Waals surface area contributed by atoms with Crippen molar-refractivity contribution in [3.63, 3.8) is 0 Å². The van der Waals surface area contributed by atoms with Crippen LogP contribution in [-0.2, 0) is 10.3 Å². The van der Waals surface area contributed by atoms with Gasteiger partial charge in [0, 0.05) is 7.11 Å². The third-order valence-electron chi connectivity index (χ3n) is 7.16. The first-order valence-corrected chi connectivity index (χ1v) is 12.5. The summed E-state index contributed by atoms with van der Waals surface area (Å²) in [6, 6.07) is 17.8. The smallest absolute Gasteiger partial charge is 0.0933 e. The molecule has 1 heteroatoms. The molecule has 0 saturated heterocycles. The van der Waals surface area contributed by atoms with Crippen LogP contribution in [0.3, 0.4) is 0 Å². The molecule has 1 saturated carbocycles. The van der Waals surface area contributed by atoms with Crippen molar-refractivity contribution in [1.82, 2.24) is 0 Å². The predicted molar refractivity (Wildman–Crippen MR) is 130 cm³/mol. The maximum Gasteiger partial charge on any atom is 0.0933 e. The minimum Gasteiger partial charge on any atom is -0.374 e. The maximum atomic E-state index is 6.45. The van der Waals surface area contributed by atoms with Crippen LogP contribution in [0.1, 0.15) is 101 Å². The third-order valence-corrected chi connectivity index (χ3v) is 7.16. The van der Waals surface area contributed by atoms with Crippen molar-refractivity contribution in [1.29, 1.82) is 0 Å². The van der Waals surface area contributed by atoms with Gasteiger partial charge in [0.15, 0.2) is 0 Å². The minimum absolute atomic E-state index is 0.168. The molecule has 0 heterocycles. The lowest BCUT2D eigenvalue weighted by Crippen LogP contribution is -2.29. The van der Waals surface area contributed by atoms with Gasteiger partial charge in [-0.05, 0) is 42.0 Å². The first-order valence-electron chi connectivity index (χ1n) is 12.5. The van der Waals surface area contributed by atoms with Gasteiger partial charge >= 0.3 is 0 Å². The Hall–Kier alpha value is -1.60. The molecule has 1 aliphatic rings. The van der Waals surface area contributed by atoms with Gasteiger partial charge in [0.2, 0.25) is 0 Å². The Morgan fingerprint density at radius 3 is 1.50 bits per heavy atom. The van der Waals surface area contributed by atoms with Crippen LogP contribution in [0, 0.1) is 6.92 Å². The maximum absolute atomic E-state index is 6.45. The number of hydrogen-bond acceptors (Lipinski definition) is 1. The fraction of sp³-hybridized carbons (Fsp3) is 0.586. The lowest BCUT2D eigenvalue weighted by molar-refractivity contribution is -0.0330. The number of ether oxygens (including phenoxy) is 1. The van der Waals surface area contributed by atoms with Crippen molar-refractivity contribution in [3.05, 3.63) is 59.7 Å². The van der Waals surface area contributed by atoms with E-state index in [9.17, 15) is 0 Å². The summed E-state index contributed by atoms with van der Waals surface area (Å²) in [5.41, 5.74) is 5.27. The second-order valence-corrected chi connectivity index (χ2v) is 9.30. The molecular formula is C29H42O. The molecule has 0 atom stereocenters. The molecule has 0 unspecified atom stereocenters. The van der Waals surface area contributed by atoms with Crippen LogP contribution in [0.15, 0.2) is 48.5 Å². The zero-order chi connectivity index (χ0) is 21.1. The largest absolute Gasteiger partial charge is 0.374 e. The second kappa shape index (κ2) is 12.3. The summed E-state index contributed by atoms with van der Waals surface area (Å²) in [7, 11) is 1.95. The molecule has 0 spiro atoms. The van der Waals surface area contributed by atoms with Crippen molar-refractivity contribution in [3.8, 4) is 11.1 Å². The number of hydrogen-bond donors (Lipinski definition) is 0. The monoisotopic (exact) mass is 406 g/mol. The molecular weight excluding hydrogens is 364 g/mol. The van der Waals surface area contributed by atoms with Crippen molar-refractivity contribution in [2.75, 3.05) is 7.11 Å². The third kappa shape index (κ3) is 6.20. The van der Waals surface area contributed by atoms with Crippen LogP contribution in [0.2, 0.25) is 0 Å². The standard InChI is InChI=1S/C29H42O/c1-25-19-13-14-20-26(25)27-21-15-16-22-28(27)29(30-2)23-17-11-9-7-5-3-4-6-8-10-12-18-24-29/h13-16,19-22H,3-12,17-18,23-24H2,1-2H3. The Morgan fingerprint density at radius 2 is 1.00 bits per heavy atom. The molecule has 1 nitrogen and oxygen atoms in total. The molecule has 30 heavy (non-hydrogen) atoms. The summed E-state index contributed by atoms with van der Waals surface area (Å²) in [6.45, 7) is 2.22. The van der Waals surface area contributed by atoms with Crippen LogP contribution < -0.4 is 0 Å². The number of benzene rings is 2. The normalized spacial score (nSPS) is 19.5. The van der Waals surface area contributed by atoms with Crippen molar-refractivity contribution in [2.24, 2.45) is 0 Å². The molecule has 0 amide bonds. The van der Waals surface area contributed by atoms with E-state index in [1.54, 1.807) is 0 Å². The van der Waals surface area contributed by atoms with E-state index in [1.807, 2.05) is 7.11 Å². The lowest BCUT2D eigenvalue weighted by atomic mass is 9.79. The molecule has 1 fully saturated rings. The summed E-state index contributed by atoms with van der Waals surface area (Å²) in [6.07, 6.45) is 18.7. The molecule has 0 radical (unpaired) electrons. The zero-order valence-corrected chi connectivity index (χ0v) is 19.4. The van der Waals surface area contributed by atoms with Crippen molar-refractivity contribution >= 4 is 0 Å². The van der Waals surface area contributed by atoms with E-state index in [2.05, 4.69) is 55.5 Å². The van der Waals surface area contributed by atoms with Crippen LogP contribution >= 0.6 is 0 Å². The highest BCUT2D eigenvalue weighted by Crippen LogP contribution is 2.42. The molecule has 0 aromatic heterocycles. The zero-order valence-electron chi connectivity index (χ0n) is 19.4. The van der Waals surface area contributed by atoms with Gasteiger partial charge in [-0.25, -0.2) is 0 Å². The van der Waals surface area contributed by atoms with Crippen LogP contribution in [-0.4, -0.2) is 7.11 Å².